The Labute approximate surface area is 203 Å². The van der Waals surface area contributed by atoms with Crippen LogP contribution in [0, 0.1) is 0 Å². The highest BCUT2D eigenvalue weighted by Crippen LogP contribution is 2.40. The fourth-order valence-electron chi connectivity index (χ4n) is 5.26. The Kier molecular flexibility index (Phi) is 5.89. The molecule has 1 amide bonds. The van der Waals surface area contributed by atoms with Gasteiger partial charge in [0.1, 0.15) is 0 Å². The zero-order valence-corrected chi connectivity index (χ0v) is 20.2. The SMILES string of the molecule is C=C(C)Nc1ccn(C(=O)N2CCC3(CCCN3Cc3cc4cc(Cl)c(Cl)cc4[nH]3)CC2)n1. The number of hydrogen-bond donors (Lipinski definition) is 2. The van der Waals surface area contributed by atoms with Crippen molar-refractivity contribution >= 4 is 46.0 Å². The van der Waals surface area contributed by atoms with Crippen molar-refractivity contribution in [3.63, 3.8) is 0 Å². The molecule has 2 saturated heterocycles. The summed E-state index contributed by atoms with van der Waals surface area (Å²) in [5, 5.41) is 9.60. The molecule has 5 rings (SSSR count). The second-order valence-electron chi connectivity index (χ2n) is 9.22. The number of benzene rings is 1. The molecule has 2 aromatic heterocycles. The monoisotopic (exact) mass is 486 g/mol. The highest BCUT2D eigenvalue weighted by molar-refractivity contribution is 6.42. The average molecular weight is 487 g/mol. The normalized spacial score (nSPS) is 18.3. The maximum absolute atomic E-state index is 13.0. The van der Waals surface area contributed by atoms with E-state index < -0.39 is 0 Å². The predicted molar refractivity (Wildman–Crippen MR) is 133 cm³/mol. The fourth-order valence-corrected chi connectivity index (χ4v) is 5.60. The van der Waals surface area contributed by atoms with Gasteiger partial charge in [-0.05, 0) is 57.4 Å². The topological polar surface area (TPSA) is 69.2 Å². The molecule has 0 bridgehead atoms. The number of carbonyl (C=O) groups is 1. The maximum atomic E-state index is 13.0. The first-order chi connectivity index (χ1) is 15.8. The molecule has 2 fully saturated rings. The van der Waals surface area contributed by atoms with Gasteiger partial charge in [0.25, 0.3) is 0 Å². The Hall–Kier alpha value is -2.48. The molecule has 174 valence electrons. The molecule has 1 aromatic carbocycles. The maximum Gasteiger partial charge on any atom is 0.344 e. The van der Waals surface area contributed by atoms with E-state index in [1.165, 1.54) is 17.5 Å². The summed E-state index contributed by atoms with van der Waals surface area (Å²) in [6.45, 7) is 9.07. The molecule has 2 N–H and O–H groups in total. The standard InChI is InChI=1S/C24H28Cl2N6O/c1-16(2)27-22-4-9-32(29-22)23(33)30-10-6-24(7-11-30)5-3-8-31(24)15-18-12-17-13-19(25)20(26)14-21(17)28-18/h4,9,12-14,28H,1,3,5-8,10-11,15H2,2H3,(H,27,29). The predicted octanol–water partition coefficient (Wildman–Crippen LogP) is 5.72. The molecular weight excluding hydrogens is 459 g/mol. The Morgan fingerprint density at radius 1 is 1.18 bits per heavy atom. The number of nitrogens with zero attached hydrogens (tertiary/aromatic N) is 4. The number of carbonyl (C=O) groups excluding carboxylic acids is 1. The van der Waals surface area contributed by atoms with Crippen molar-refractivity contribution in [2.45, 2.75) is 44.7 Å². The lowest BCUT2D eigenvalue weighted by atomic mass is 9.85. The van der Waals surface area contributed by atoms with E-state index in [1.807, 2.05) is 24.0 Å². The zero-order valence-electron chi connectivity index (χ0n) is 18.7. The van der Waals surface area contributed by atoms with Crippen LogP contribution in [0.5, 0.6) is 0 Å². The Balaban J connectivity index is 1.25. The van der Waals surface area contributed by atoms with E-state index in [2.05, 4.69) is 32.9 Å². The number of aromatic amines is 1. The highest BCUT2D eigenvalue weighted by Gasteiger charge is 2.44. The van der Waals surface area contributed by atoms with Crippen molar-refractivity contribution in [2.24, 2.45) is 0 Å². The van der Waals surface area contributed by atoms with Crippen LogP contribution in [-0.4, -0.2) is 55.8 Å². The molecule has 0 aliphatic carbocycles. The van der Waals surface area contributed by atoms with E-state index >= 15 is 0 Å². The van der Waals surface area contributed by atoms with Crippen LogP contribution in [0.25, 0.3) is 10.9 Å². The minimum Gasteiger partial charge on any atom is -0.357 e. The number of aromatic nitrogens is 3. The number of piperidine rings is 1. The average Bonchev–Trinajstić information content (AvgIpc) is 3.48. The number of amides is 1. The van der Waals surface area contributed by atoms with Crippen LogP contribution in [0.15, 0.2) is 42.7 Å². The van der Waals surface area contributed by atoms with Crippen LogP contribution >= 0.6 is 23.2 Å². The van der Waals surface area contributed by atoms with Gasteiger partial charge in [0.05, 0.1) is 10.0 Å². The summed E-state index contributed by atoms with van der Waals surface area (Å²) in [7, 11) is 0. The van der Waals surface area contributed by atoms with Crippen LogP contribution in [0.1, 0.15) is 38.3 Å². The van der Waals surface area contributed by atoms with Crippen molar-refractivity contribution in [2.75, 3.05) is 25.0 Å². The third-order valence-corrected chi connectivity index (χ3v) is 7.63. The fraction of sp³-hybridized carbons (Fsp3) is 0.417. The van der Waals surface area contributed by atoms with E-state index in [1.54, 1.807) is 12.3 Å². The Morgan fingerprint density at radius 2 is 1.94 bits per heavy atom. The van der Waals surface area contributed by atoms with E-state index in [9.17, 15) is 4.79 Å². The number of likely N-dealkylation sites (tertiary alicyclic amines) is 2. The van der Waals surface area contributed by atoms with Crippen molar-refractivity contribution in [3.05, 3.63) is 58.5 Å². The molecule has 0 atom stereocenters. The first-order valence-corrected chi connectivity index (χ1v) is 12.1. The lowest BCUT2D eigenvalue weighted by Crippen LogP contribution is -2.53. The zero-order chi connectivity index (χ0) is 23.2. The number of allylic oxidation sites excluding steroid dienone is 1. The van der Waals surface area contributed by atoms with Crippen LogP contribution in [0.4, 0.5) is 10.6 Å². The van der Waals surface area contributed by atoms with Crippen LogP contribution in [0.2, 0.25) is 10.0 Å². The van der Waals surface area contributed by atoms with Gasteiger partial charge < -0.3 is 15.2 Å². The third-order valence-electron chi connectivity index (χ3n) is 6.91. The quantitative estimate of drug-likeness (QED) is 0.494. The number of nitrogens with one attached hydrogen (secondary N) is 2. The number of fused-ring (bicyclic) bond motifs is 1. The minimum atomic E-state index is -0.0754. The molecule has 4 heterocycles. The molecule has 7 nitrogen and oxygen atoms in total. The summed E-state index contributed by atoms with van der Waals surface area (Å²) >= 11 is 12.4. The molecule has 2 aliphatic heterocycles. The van der Waals surface area contributed by atoms with Crippen LogP contribution in [0.3, 0.4) is 0 Å². The van der Waals surface area contributed by atoms with Crippen molar-refractivity contribution in [3.8, 4) is 0 Å². The summed E-state index contributed by atoms with van der Waals surface area (Å²) in [4.78, 5) is 21.0. The smallest absolute Gasteiger partial charge is 0.344 e. The number of halogens is 2. The Morgan fingerprint density at radius 3 is 2.70 bits per heavy atom. The summed E-state index contributed by atoms with van der Waals surface area (Å²) in [5.74, 6) is 0.632. The summed E-state index contributed by atoms with van der Waals surface area (Å²) < 4.78 is 1.41. The minimum absolute atomic E-state index is 0.0754. The van der Waals surface area contributed by atoms with Crippen molar-refractivity contribution < 1.29 is 4.79 Å². The van der Waals surface area contributed by atoms with Gasteiger partial charge in [-0.3, -0.25) is 4.90 Å². The lowest BCUT2D eigenvalue weighted by molar-refractivity contribution is 0.0578. The van der Waals surface area contributed by atoms with Crippen molar-refractivity contribution in [1.29, 1.82) is 0 Å². The number of anilines is 1. The molecular formula is C24H28Cl2N6O. The van der Waals surface area contributed by atoms with E-state index in [0.29, 0.717) is 15.9 Å². The first kappa shape index (κ1) is 22.3. The van der Waals surface area contributed by atoms with Gasteiger partial charge in [-0.1, -0.05) is 29.8 Å². The molecule has 0 saturated carbocycles. The van der Waals surface area contributed by atoms with Crippen LogP contribution < -0.4 is 5.32 Å². The summed E-state index contributed by atoms with van der Waals surface area (Å²) in [6.07, 6.45) is 5.99. The second-order valence-corrected chi connectivity index (χ2v) is 10.0. The van der Waals surface area contributed by atoms with Gasteiger partial charge in [-0.15, -0.1) is 5.10 Å². The van der Waals surface area contributed by atoms with Gasteiger partial charge in [-0.25, -0.2) is 4.79 Å². The van der Waals surface area contributed by atoms with Gasteiger partial charge >= 0.3 is 6.03 Å². The molecule has 33 heavy (non-hydrogen) atoms. The van der Waals surface area contributed by atoms with E-state index in [4.69, 9.17) is 23.2 Å². The third kappa shape index (κ3) is 4.37. The molecule has 2 aliphatic rings. The van der Waals surface area contributed by atoms with E-state index in [0.717, 1.165) is 61.3 Å². The number of hydrogen-bond acceptors (Lipinski definition) is 4. The molecule has 0 radical (unpaired) electrons. The van der Waals surface area contributed by atoms with E-state index in [-0.39, 0.29) is 11.6 Å². The van der Waals surface area contributed by atoms with Crippen LogP contribution in [-0.2, 0) is 6.54 Å². The lowest BCUT2D eigenvalue weighted by Gasteiger charge is -2.44. The van der Waals surface area contributed by atoms with Crippen molar-refractivity contribution in [1.82, 2.24) is 24.6 Å². The number of H-pyrrole nitrogens is 1. The number of rotatable bonds is 4. The second kappa shape index (κ2) is 8.70. The highest BCUT2D eigenvalue weighted by atomic mass is 35.5. The van der Waals surface area contributed by atoms with Gasteiger partial charge in [0.15, 0.2) is 5.82 Å². The van der Waals surface area contributed by atoms with Gasteiger partial charge in [-0.2, -0.15) is 4.68 Å². The van der Waals surface area contributed by atoms with Gasteiger partial charge in [0, 0.05) is 59.7 Å². The summed E-state index contributed by atoms with van der Waals surface area (Å²) in [5.41, 5.74) is 3.10. The largest absolute Gasteiger partial charge is 0.357 e. The molecule has 0 unspecified atom stereocenters. The summed E-state index contributed by atoms with van der Waals surface area (Å²) in [6, 6.07) is 7.68. The molecule has 3 aromatic rings. The van der Waals surface area contributed by atoms with Gasteiger partial charge in [0.2, 0.25) is 0 Å². The molecule has 1 spiro atoms. The molecule has 9 heteroatoms. The first-order valence-electron chi connectivity index (χ1n) is 11.3. The Bertz CT molecular complexity index is 1170.